The highest BCUT2D eigenvalue weighted by molar-refractivity contribution is 5.86. The van der Waals surface area contributed by atoms with Gasteiger partial charge in [0.25, 0.3) is 0 Å². The number of hydrogen-bond donors (Lipinski definition) is 1. The molecule has 0 atom stereocenters. The Morgan fingerprint density at radius 1 is 1.38 bits per heavy atom. The molecule has 1 heterocycles. The molecule has 0 spiro atoms. The number of carbonyl (C=O) groups is 1. The van der Waals surface area contributed by atoms with E-state index in [4.69, 9.17) is 5.11 Å². The van der Waals surface area contributed by atoms with Gasteiger partial charge in [-0.3, -0.25) is 0 Å². The molecule has 0 bridgehead atoms. The van der Waals surface area contributed by atoms with Crippen LogP contribution < -0.4 is 4.90 Å². The van der Waals surface area contributed by atoms with Gasteiger partial charge in [-0.2, -0.15) is 0 Å². The molecule has 0 aliphatic rings. The molecule has 88 valence electrons. The van der Waals surface area contributed by atoms with Gasteiger partial charge in [-0.15, -0.1) is 0 Å². The molecule has 0 saturated heterocycles. The summed E-state index contributed by atoms with van der Waals surface area (Å²) in [6.45, 7) is 1.76. The Hall–Kier alpha value is -1.62. The Labute approximate surface area is 95.3 Å². The van der Waals surface area contributed by atoms with Crippen LogP contribution >= 0.6 is 0 Å². The van der Waals surface area contributed by atoms with Gasteiger partial charge < -0.3 is 14.9 Å². The number of hydrogen-bond acceptors (Lipinski definition) is 4. The molecule has 0 saturated carbocycles. The van der Waals surface area contributed by atoms with E-state index in [1.54, 1.807) is 6.07 Å². The van der Waals surface area contributed by atoms with Gasteiger partial charge in [-0.1, -0.05) is 0 Å². The van der Waals surface area contributed by atoms with Crippen molar-refractivity contribution in [3.63, 3.8) is 0 Å². The second-order valence-electron chi connectivity index (χ2n) is 3.93. The summed E-state index contributed by atoms with van der Waals surface area (Å²) in [5.41, 5.74) is 0.948. The van der Waals surface area contributed by atoms with Gasteiger partial charge in [0.05, 0.1) is 0 Å². The molecule has 0 radical (unpaired) electrons. The zero-order valence-corrected chi connectivity index (χ0v) is 9.84. The molecule has 1 aromatic heterocycles. The summed E-state index contributed by atoms with van der Waals surface area (Å²) in [5, 5.41) is 8.82. The summed E-state index contributed by atoms with van der Waals surface area (Å²) >= 11 is 0. The number of nitrogens with zero attached hydrogens (tertiary/aromatic N) is 3. The minimum absolute atomic E-state index is 0.0780. The smallest absolute Gasteiger partial charge is 0.354 e. The predicted octanol–water partition coefficient (Wildman–Crippen LogP) is 0.778. The first-order chi connectivity index (χ1) is 7.50. The highest BCUT2D eigenvalue weighted by Gasteiger charge is 2.07. The SMILES string of the molecule is CN(C)CCN(C)c1ccnc(C(=O)O)c1. The van der Waals surface area contributed by atoms with Crippen molar-refractivity contribution in [1.29, 1.82) is 0 Å². The quantitative estimate of drug-likeness (QED) is 0.799. The first kappa shape index (κ1) is 12.4. The topological polar surface area (TPSA) is 56.7 Å². The maximum absolute atomic E-state index is 10.8. The molecule has 0 amide bonds. The summed E-state index contributed by atoms with van der Waals surface area (Å²) in [6.07, 6.45) is 1.52. The molecule has 0 aliphatic heterocycles. The van der Waals surface area contributed by atoms with Gasteiger partial charge in [-0.25, -0.2) is 9.78 Å². The highest BCUT2D eigenvalue weighted by Crippen LogP contribution is 2.12. The van der Waals surface area contributed by atoms with Gasteiger partial charge >= 0.3 is 5.97 Å². The van der Waals surface area contributed by atoms with Crippen LogP contribution in [-0.2, 0) is 0 Å². The number of anilines is 1. The normalized spacial score (nSPS) is 10.5. The van der Waals surface area contributed by atoms with Crippen molar-refractivity contribution in [3.05, 3.63) is 24.0 Å². The van der Waals surface area contributed by atoms with E-state index in [9.17, 15) is 4.79 Å². The van der Waals surface area contributed by atoms with Crippen LogP contribution in [-0.4, -0.2) is 55.2 Å². The third-order valence-corrected chi connectivity index (χ3v) is 2.29. The molecule has 0 aromatic carbocycles. The Balaban J connectivity index is 2.71. The minimum atomic E-state index is -0.997. The lowest BCUT2D eigenvalue weighted by atomic mass is 10.3. The van der Waals surface area contributed by atoms with Gasteiger partial charge in [0.1, 0.15) is 5.69 Å². The number of likely N-dealkylation sites (N-methyl/N-ethyl adjacent to an activating group) is 2. The van der Waals surface area contributed by atoms with Crippen LogP contribution in [0.2, 0.25) is 0 Å². The van der Waals surface area contributed by atoms with Crippen LogP contribution in [0, 0.1) is 0 Å². The van der Waals surface area contributed by atoms with Crippen LogP contribution in [0.25, 0.3) is 0 Å². The highest BCUT2D eigenvalue weighted by atomic mass is 16.4. The number of pyridine rings is 1. The Bertz CT molecular complexity index is 366. The lowest BCUT2D eigenvalue weighted by molar-refractivity contribution is 0.0690. The van der Waals surface area contributed by atoms with E-state index in [2.05, 4.69) is 9.88 Å². The number of aromatic nitrogens is 1. The molecular weight excluding hydrogens is 206 g/mol. The number of carboxylic acid groups (broad SMARTS) is 1. The van der Waals surface area contributed by atoms with Crippen LogP contribution in [0.15, 0.2) is 18.3 Å². The minimum Gasteiger partial charge on any atom is -0.477 e. The average Bonchev–Trinajstić information content (AvgIpc) is 2.26. The molecule has 0 fully saturated rings. The fourth-order valence-electron chi connectivity index (χ4n) is 1.25. The van der Waals surface area contributed by atoms with E-state index in [1.807, 2.05) is 32.1 Å². The van der Waals surface area contributed by atoms with Crippen LogP contribution in [0.3, 0.4) is 0 Å². The molecule has 5 nitrogen and oxygen atoms in total. The Morgan fingerprint density at radius 3 is 2.62 bits per heavy atom. The first-order valence-corrected chi connectivity index (χ1v) is 5.06. The number of carboxylic acids is 1. The standard InChI is InChI=1S/C11H17N3O2/c1-13(2)6-7-14(3)9-4-5-12-10(8-9)11(15)16/h4-5,8H,6-7H2,1-3H3,(H,15,16). The zero-order chi connectivity index (χ0) is 12.1. The van der Waals surface area contributed by atoms with Crippen molar-refractivity contribution >= 4 is 11.7 Å². The second kappa shape index (κ2) is 5.46. The van der Waals surface area contributed by atoms with Gasteiger partial charge in [0.2, 0.25) is 0 Å². The van der Waals surface area contributed by atoms with E-state index in [-0.39, 0.29) is 5.69 Å². The summed E-state index contributed by atoms with van der Waals surface area (Å²) < 4.78 is 0. The predicted molar refractivity (Wildman–Crippen MR) is 63.0 cm³/mol. The molecule has 16 heavy (non-hydrogen) atoms. The monoisotopic (exact) mass is 223 g/mol. The maximum Gasteiger partial charge on any atom is 0.354 e. The maximum atomic E-state index is 10.8. The average molecular weight is 223 g/mol. The van der Waals surface area contributed by atoms with Crippen LogP contribution in [0.4, 0.5) is 5.69 Å². The van der Waals surface area contributed by atoms with E-state index in [1.165, 1.54) is 6.20 Å². The third kappa shape index (κ3) is 3.51. The fourth-order valence-corrected chi connectivity index (χ4v) is 1.25. The van der Waals surface area contributed by atoms with Crippen molar-refractivity contribution in [2.45, 2.75) is 0 Å². The Morgan fingerprint density at radius 2 is 2.06 bits per heavy atom. The van der Waals surface area contributed by atoms with Crippen molar-refractivity contribution in [3.8, 4) is 0 Å². The first-order valence-electron chi connectivity index (χ1n) is 5.06. The van der Waals surface area contributed by atoms with E-state index in [0.29, 0.717) is 0 Å². The summed E-state index contributed by atoms with van der Waals surface area (Å²) in [4.78, 5) is 18.6. The molecule has 1 N–H and O–H groups in total. The molecular formula is C11H17N3O2. The molecule has 5 heteroatoms. The fraction of sp³-hybridized carbons (Fsp3) is 0.455. The number of rotatable bonds is 5. The van der Waals surface area contributed by atoms with Crippen molar-refractivity contribution < 1.29 is 9.90 Å². The van der Waals surface area contributed by atoms with E-state index < -0.39 is 5.97 Å². The largest absolute Gasteiger partial charge is 0.477 e. The lowest BCUT2D eigenvalue weighted by Gasteiger charge is -2.21. The third-order valence-electron chi connectivity index (χ3n) is 2.29. The summed E-state index contributed by atoms with van der Waals surface area (Å²) in [5.74, 6) is -0.997. The Kier molecular flexibility index (Phi) is 4.25. The molecule has 0 aliphatic carbocycles. The van der Waals surface area contributed by atoms with Crippen LogP contribution in [0.5, 0.6) is 0 Å². The molecule has 1 aromatic rings. The van der Waals surface area contributed by atoms with E-state index in [0.717, 1.165) is 18.8 Å². The van der Waals surface area contributed by atoms with Crippen molar-refractivity contribution in [1.82, 2.24) is 9.88 Å². The van der Waals surface area contributed by atoms with Crippen LogP contribution in [0.1, 0.15) is 10.5 Å². The van der Waals surface area contributed by atoms with Crippen molar-refractivity contribution in [2.75, 3.05) is 39.1 Å². The lowest BCUT2D eigenvalue weighted by Crippen LogP contribution is -2.28. The van der Waals surface area contributed by atoms with Gasteiger partial charge in [0, 0.05) is 32.0 Å². The number of aromatic carboxylic acids is 1. The van der Waals surface area contributed by atoms with Gasteiger partial charge in [-0.05, 0) is 26.2 Å². The van der Waals surface area contributed by atoms with Crippen molar-refractivity contribution in [2.24, 2.45) is 0 Å². The zero-order valence-electron chi connectivity index (χ0n) is 9.84. The molecule has 0 unspecified atom stereocenters. The van der Waals surface area contributed by atoms with Gasteiger partial charge in [0.15, 0.2) is 0 Å². The molecule has 1 rings (SSSR count). The summed E-state index contributed by atoms with van der Waals surface area (Å²) in [7, 11) is 5.94. The summed E-state index contributed by atoms with van der Waals surface area (Å²) in [6, 6.07) is 3.39. The second-order valence-corrected chi connectivity index (χ2v) is 3.93. The van der Waals surface area contributed by atoms with E-state index >= 15 is 0 Å².